The molecule has 1 aromatic heterocycles. The first-order valence-corrected chi connectivity index (χ1v) is 15.3. The van der Waals surface area contributed by atoms with Crippen molar-refractivity contribution in [2.24, 2.45) is 0 Å². The highest BCUT2D eigenvalue weighted by molar-refractivity contribution is 7.26. The van der Waals surface area contributed by atoms with Crippen molar-refractivity contribution >= 4 is 74.6 Å². The van der Waals surface area contributed by atoms with Crippen molar-refractivity contribution in [3.63, 3.8) is 0 Å². The maximum absolute atomic E-state index is 2.42. The van der Waals surface area contributed by atoms with E-state index in [0.717, 1.165) is 0 Å². The molecule has 0 saturated carbocycles. The fourth-order valence-electron chi connectivity index (χ4n) is 6.90. The Morgan fingerprint density at radius 2 is 0.929 bits per heavy atom. The third-order valence-corrected chi connectivity index (χ3v) is 10.1. The van der Waals surface area contributed by atoms with Crippen LogP contribution in [0.15, 0.2) is 140 Å². The molecular weight excluding hydrogens is 525 g/mol. The Kier molecular flexibility index (Phi) is 5.08. The lowest BCUT2D eigenvalue weighted by molar-refractivity contribution is 1.52. The maximum atomic E-state index is 2.42. The van der Waals surface area contributed by atoms with Crippen LogP contribution in [0.4, 0.5) is 0 Å². The van der Waals surface area contributed by atoms with Crippen molar-refractivity contribution in [2.75, 3.05) is 0 Å². The van der Waals surface area contributed by atoms with Gasteiger partial charge in [0, 0.05) is 25.6 Å². The summed E-state index contributed by atoms with van der Waals surface area (Å²) in [6.07, 6.45) is 0. The second-order valence-corrected chi connectivity index (χ2v) is 12.4. The van der Waals surface area contributed by atoms with Crippen LogP contribution in [0, 0.1) is 6.92 Å². The summed E-state index contributed by atoms with van der Waals surface area (Å²) in [5.74, 6) is 0. The van der Waals surface area contributed by atoms with Gasteiger partial charge in [0.05, 0.1) is 0 Å². The number of aryl methyl sites for hydroxylation is 1. The molecule has 0 amide bonds. The summed E-state index contributed by atoms with van der Waals surface area (Å²) in [5.41, 5.74) is 6.33. The molecule has 0 bridgehead atoms. The fourth-order valence-corrected chi connectivity index (χ4v) is 8.22. The van der Waals surface area contributed by atoms with Crippen LogP contribution in [0.5, 0.6) is 0 Å². The molecule has 0 spiro atoms. The number of benzene rings is 8. The van der Waals surface area contributed by atoms with Crippen molar-refractivity contribution in [1.82, 2.24) is 0 Å². The highest BCUT2D eigenvalue weighted by Crippen LogP contribution is 2.44. The van der Waals surface area contributed by atoms with Crippen LogP contribution >= 0.6 is 11.3 Å². The molecule has 0 fully saturated rings. The van der Waals surface area contributed by atoms with Gasteiger partial charge >= 0.3 is 0 Å². The molecule has 0 aliphatic heterocycles. The van der Waals surface area contributed by atoms with Gasteiger partial charge in [0.2, 0.25) is 0 Å². The Hall–Kier alpha value is -4.98. The van der Waals surface area contributed by atoms with E-state index in [4.69, 9.17) is 0 Å². The zero-order valence-electron chi connectivity index (χ0n) is 23.2. The molecule has 0 unspecified atom stereocenters. The maximum Gasteiger partial charge on any atom is 0.0434 e. The smallest absolute Gasteiger partial charge is 0.0434 e. The minimum atomic E-state index is 1.24. The number of fused-ring (bicyclic) bond motifs is 11. The van der Waals surface area contributed by atoms with E-state index in [9.17, 15) is 0 Å². The minimum absolute atomic E-state index is 1.24. The van der Waals surface area contributed by atoms with Gasteiger partial charge in [0.1, 0.15) is 0 Å². The van der Waals surface area contributed by atoms with E-state index in [2.05, 4.69) is 146 Å². The molecule has 196 valence electrons. The average Bonchev–Trinajstić information content (AvgIpc) is 3.42. The van der Waals surface area contributed by atoms with E-state index in [1.165, 1.54) is 91.1 Å². The summed E-state index contributed by atoms with van der Waals surface area (Å²) in [7, 11) is 0. The van der Waals surface area contributed by atoms with Crippen LogP contribution in [-0.2, 0) is 0 Å². The molecule has 0 aliphatic carbocycles. The summed E-state index contributed by atoms with van der Waals surface area (Å²) in [6, 6.07) is 51.8. The molecule has 0 nitrogen and oxygen atoms in total. The van der Waals surface area contributed by atoms with Crippen LogP contribution in [-0.4, -0.2) is 0 Å². The monoisotopic (exact) mass is 550 g/mol. The quantitative estimate of drug-likeness (QED) is 0.188. The highest BCUT2D eigenvalue weighted by atomic mass is 32.1. The van der Waals surface area contributed by atoms with E-state index in [0.29, 0.717) is 0 Å². The van der Waals surface area contributed by atoms with E-state index in [-0.39, 0.29) is 0 Å². The average molecular weight is 551 g/mol. The molecule has 0 N–H and O–H groups in total. The van der Waals surface area contributed by atoms with Crippen LogP contribution in [0.2, 0.25) is 0 Å². The zero-order chi connectivity index (χ0) is 27.8. The standard InChI is InChI=1S/C41H26S/c1-25-17-19-35-39-24-37(33-15-6-7-16-36(33)41(39)42-40(35)21-25)28-10-8-9-26(22-28)27-18-20-34-31-13-3-2-11-29(31)30-12-4-5-14-32(30)38(34)23-27/h2-24H,1H3. The second-order valence-electron chi connectivity index (χ2n) is 11.4. The minimum Gasteiger partial charge on any atom is -0.135 e. The van der Waals surface area contributed by atoms with Gasteiger partial charge in [-0.15, -0.1) is 11.3 Å². The lowest BCUT2D eigenvalue weighted by Gasteiger charge is -2.13. The van der Waals surface area contributed by atoms with Gasteiger partial charge in [-0.25, -0.2) is 0 Å². The predicted octanol–water partition coefficient (Wildman–Crippen LogP) is 12.3. The van der Waals surface area contributed by atoms with Crippen molar-refractivity contribution in [2.45, 2.75) is 6.92 Å². The van der Waals surface area contributed by atoms with Crippen LogP contribution < -0.4 is 0 Å². The number of thiophene rings is 1. The molecule has 9 aromatic rings. The number of hydrogen-bond donors (Lipinski definition) is 0. The summed E-state index contributed by atoms with van der Waals surface area (Å²) >= 11 is 1.91. The molecule has 0 atom stereocenters. The van der Waals surface area contributed by atoms with E-state index < -0.39 is 0 Å². The van der Waals surface area contributed by atoms with Crippen LogP contribution in [0.3, 0.4) is 0 Å². The van der Waals surface area contributed by atoms with Gasteiger partial charge < -0.3 is 0 Å². The van der Waals surface area contributed by atoms with Gasteiger partial charge in [-0.3, -0.25) is 0 Å². The first kappa shape index (κ1) is 23.7. The lowest BCUT2D eigenvalue weighted by atomic mass is 9.90. The van der Waals surface area contributed by atoms with Crippen LogP contribution in [0.25, 0.3) is 85.5 Å². The first-order chi connectivity index (χ1) is 20.7. The van der Waals surface area contributed by atoms with Crippen molar-refractivity contribution in [3.05, 3.63) is 145 Å². The largest absolute Gasteiger partial charge is 0.135 e. The molecule has 8 aromatic carbocycles. The summed E-state index contributed by atoms with van der Waals surface area (Å²) in [6.45, 7) is 2.18. The second kappa shape index (κ2) is 9.01. The fraction of sp³-hybridized carbons (Fsp3) is 0.0244. The molecule has 1 heteroatoms. The zero-order valence-corrected chi connectivity index (χ0v) is 24.0. The first-order valence-electron chi connectivity index (χ1n) is 14.5. The SMILES string of the molecule is Cc1ccc2c(c1)sc1c3ccccc3c(-c3cccc(-c4ccc5c6ccccc6c6ccccc6c5c4)c3)cc21. The van der Waals surface area contributed by atoms with Crippen LogP contribution in [0.1, 0.15) is 5.56 Å². The molecule has 42 heavy (non-hydrogen) atoms. The van der Waals surface area contributed by atoms with Crippen molar-refractivity contribution in [1.29, 1.82) is 0 Å². The van der Waals surface area contributed by atoms with E-state index in [1.54, 1.807) is 0 Å². The molecule has 0 saturated heterocycles. The Morgan fingerprint density at radius 3 is 1.67 bits per heavy atom. The summed E-state index contributed by atoms with van der Waals surface area (Å²) < 4.78 is 2.73. The molecule has 9 rings (SSSR count). The lowest BCUT2D eigenvalue weighted by Crippen LogP contribution is -1.86. The number of rotatable bonds is 2. The highest BCUT2D eigenvalue weighted by Gasteiger charge is 2.15. The molecule has 0 radical (unpaired) electrons. The van der Waals surface area contributed by atoms with E-state index >= 15 is 0 Å². The Morgan fingerprint density at radius 1 is 0.357 bits per heavy atom. The molecule has 1 heterocycles. The Labute approximate surface area is 248 Å². The Bertz CT molecular complexity index is 2490. The van der Waals surface area contributed by atoms with Gasteiger partial charge in [-0.05, 0) is 96.7 Å². The topological polar surface area (TPSA) is 0 Å². The molecule has 0 aliphatic rings. The third kappa shape index (κ3) is 3.47. The third-order valence-electron chi connectivity index (χ3n) is 8.89. The summed E-state index contributed by atoms with van der Waals surface area (Å²) in [5, 5.41) is 13.2. The van der Waals surface area contributed by atoms with Gasteiger partial charge in [0.25, 0.3) is 0 Å². The normalized spacial score (nSPS) is 11.9. The molecular formula is C41H26S. The van der Waals surface area contributed by atoms with Gasteiger partial charge in [0.15, 0.2) is 0 Å². The predicted molar refractivity (Wildman–Crippen MR) is 185 cm³/mol. The summed E-state index contributed by atoms with van der Waals surface area (Å²) in [4.78, 5) is 0. The van der Waals surface area contributed by atoms with Gasteiger partial charge in [-0.2, -0.15) is 0 Å². The van der Waals surface area contributed by atoms with E-state index in [1.807, 2.05) is 11.3 Å². The Balaban J connectivity index is 1.28. The van der Waals surface area contributed by atoms with Crippen molar-refractivity contribution < 1.29 is 0 Å². The number of hydrogen-bond acceptors (Lipinski definition) is 1. The van der Waals surface area contributed by atoms with Crippen molar-refractivity contribution in [3.8, 4) is 22.3 Å². The van der Waals surface area contributed by atoms with Gasteiger partial charge in [-0.1, -0.05) is 115 Å².